The zero-order chi connectivity index (χ0) is 15.6. The van der Waals surface area contributed by atoms with Gasteiger partial charge in [0.05, 0.1) is 18.3 Å². The van der Waals surface area contributed by atoms with E-state index < -0.39 is 0 Å². The van der Waals surface area contributed by atoms with Gasteiger partial charge in [0.25, 0.3) is 0 Å². The third-order valence-electron chi connectivity index (χ3n) is 4.80. The van der Waals surface area contributed by atoms with Gasteiger partial charge >= 0.3 is 0 Å². The van der Waals surface area contributed by atoms with Gasteiger partial charge in [0.15, 0.2) is 0 Å². The molecule has 1 aliphatic heterocycles. The van der Waals surface area contributed by atoms with Crippen molar-refractivity contribution in [2.24, 2.45) is 13.0 Å². The lowest BCUT2D eigenvalue weighted by Gasteiger charge is -2.34. The molecule has 1 atom stereocenters. The Morgan fingerprint density at radius 3 is 3.00 bits per heavy atom. The van der Waals surface area contributed by atoms with Crippen molar-refractivity contribution in [1.29, 1.82) is 0 Å². The monoisotopic (exact) mass is 313 g/mol. The highest BCUT2D eigenvalue weighted by molar-refractivity contribution is 5.20. The van der Waals surface area contributed by atoms with E-state index in [2.05, 4.69) is 26.3 Å². The predicted octanol–water partition coefficient (Wildman–Crippen LogP) is 1.74. The first-order valence-corrected chi connectivity index (χ1v) is 8.40. The quantitative estimate of drug-likeness (QED) is 0.813. The molecule has 23 heavy (non-hydrogen) atoms. The fourth-order valence-corrected chi connectivity index (χ4v) is 3.25. The molecule has 1 fully saturated rings. The minimum atomic E-state index is 0.186. The predicted molar refractivity (Wildman–Crippen MR) is 85.6 cm³/mol. The minimum absolute atomic E-state index is 0.186. The number of aryl methyl sites for hydroxylation is 1. The first kappa shape index (κ1) is 14.8. The summed E-state index contributed by atoms with van der Waals surface area (Å²) in [6.45, 7) is 3.46. The van der Waals surface area contributed by atoms with Crippen molar-refractivity contribution in [3.8, 4) is 0 Å². The first-order valence-electron chi connectivity index (χ1n) is 8.40. The lowest BCUT2D eigenvalue weighted by molar-refractivity contribution is 0.0425. The Balaban J connectivity index is 1.51. The van der Waals surface area contributed by atoms with Crippen LogP contribution in [-0.4, -0.2) is 44.6 Å². The molecular formula is C17H23N5O. The van der Waals surface area contributed by atoms with Crippen LogP contribution in [0.25, 0.3) is 0 Å². The van der Waals surface area contributed by atoms with Crippen molar-refractivity contribution < 1.29 is 4.74 Å². The van der Waals surface area contributed by atoms with Crippen LogP contribution in [0.15, 0.2) is 24.5 Å². The molecule has 0 radical (unpaired) electrons. The maximum absolute atomic E-state index is 6.00. The summed E-state index contributed by atoms with van der Waals surface area (Å²) in [5.41, 5.74) is 3.55. The second-order valence-electron chi connectivity index (χ2n) is 6.62. The molecule has 0 bridgehead atoms. The highest BCUT2D eigenvalue weighted by Gasteiger charge is 2.32. The number of rotatable bonds is 6. The first-order chi connectivity index (χ1) is 11.3. The smallest absolute Gasteiger partial charge is 0.105 e. The van der Waals surface area contributed by atoms with E-state index in [0.29, 0.717) is 6.61 Å². The largest absolute Gasteiger partial charge is 0.379 e. The van der Waals surface area contributed by atoms with E-state index in [1.165, 1.54) is 24.1 Å². The third kappa shape index (κ3) is 3.28. The molecule has 3 heterocycles. The molecule has 0 spiro atoms. The second-order valence-corrected chi connectivity index (χ2v) is 6.62. The van der Waals surface area contributed by atoms with Crippen molar-refractivity contribution in [2.45, 2.75) is 31.8 Å². The summed E-state index contributed by atoms with van der Waals surface area (Å²) < 4.78 is 7.90. The number of fused-ring (bicyclic) bond motifs is 1. The van der Waals surface area contributed by atoms with E-state index in [0.717, 1.165) is 37.7 Å². The number of ether oxygens (including phenoxy) is 1. The number of pyridine rings is 1. The zero-order valence-corrected chi connectivity index (χ0v) is 13.6. The Hall–Kier alpha value is -1.79. The maximum Gasteiger partial charge on any atom is 0.105 e. The van der Waals surface area contributed by atoms with Crippen LogP contribution in [0.5, 0.6) is 0 Å². The second kappa shape index (κ2) is 6.37. The van der Waals surface area contributed by atoms with Gasteiger partial charge in [-0.1, -0.05) is 11.3 Å². The number of nitrogens with zero attached hydrogens (tertiary/aromatic N) is 5. The van der Waals surface area contributed by atoms with Crippen LogP contribution in [-0.2, 0) is 24.8 Å². The summed E-state index contributed by atoms with van der Waals surface area (Å²) in [5, 5.41) is 8.64. The Morgan fingerprint density at radius 2 is 2.22 bits per heavy atom. The van der Waals surface area contributed by atoms with E-state index in [9.17, 15) is 0 Å². The average Bonchev–Trinajstić information content (AvgIpc) is 3.32. The van der Waals surface area contributed by atoms with Gasteiger partial charge in [-0.05, 0) is 30.4 Å². The average molecular weight is 313 g/mol. The van der Waals surface area contributed by atoms with Crippen LogP contribution in [0.1, 0.15) is 35.8 Å². The fourth-order valence-electron chi connectivity index (χ4n) is 3.25. The van der Waals surface area contributed by atoms with E-state index in [1.807, 2.05) is 30.2 Å². The molecule has 0 aromatic carbocycles. The standard InChI is InChI=1S/C17H23N5O/c1-21-15-6-8-22(10-14-3-2-7-18-9-14)16(17(15)19-20-21)12-23-11-13-4-5-13/h2-3,7,9,13,16H,4-6,8,10-12H2,1H3/t16-/m1/s1. The van der Waals surface area contributed by atoms with Gasteiger partial charge in [0.1, 0.15) is 5.69 Å². The molecule has 2 aromatic heterocycles. The molecule has 6 heteroatoms. The van der Waals surface area contributed by atoms with E-state index in [4.69, 9.17) is 4.74 Å². The lowest BCUT2D eigenvalue weighted by atomic mass is 10.0. The molecule has 0 N–H and O–H groups in total. The molecule has 0 amide bonds. The molecule has 2 aliphatic rings. The van der Waals surface area contributed by atoms with Gasteiger partial charge in [-0.25, -0.2) is 0 Å². The molecule has 2 aromatic rings. The van der Waals surface area contributed by atoms with Crippen LogP contribution in [0.2, 0.25) is 0 Å². The van der Waals surface area contributed by atoms with Gasteiger partial charge in [0.2, 0.25) is 0 Å². The Labute approximate surface area is 136 Å². The van der Waals surface area contributed by atoms with Crippen LogP contribution in [0.3, 0.4) is 0 Å². The summed E-state index contributed by atoms with van der Waals surface area (Å²) in [5.74, 6) is 0.784. The highest BCUT2D eigenvalue weighted by atomic mass is 16.5. The third-order valence-corrected chi connectivity index (χ3v) is 4.80. The van der Waals surface area contributed by atoms with Gasteiger partial charge in [-0.15, -0.1) is 5.10 Å². The van der Waals surface area contributed by atoms with Crippen molar-refractivity contribution >= 4 is 0 Å². The van der Waals surface area contributed by atoms with Crippen molar-refractivity contribution in [3.05, 3.63) is 41.5 Å². The summed E-state index contributed by atoms with van der Waals surface area (Å²) in [7, 11) is 1.98. The Morgan fingerprint density at radius 1 is 1.30 bits per heavy atom. The van der Waals surface area contributed by atoms with E-state index in [1.54, 1.807) is 0 Å². The molecular weight excluding hydrogens is 290 g/mol. The molecule has 1 aliphatic carbocycles. The fraction of sp³-hybridized carbons (Fsp3) is 0.588. The summed E-state index contributed by atoms with van der Waals surface area (Å²) in [4.78, 5) is 6.67. The van der Waals surface area contributed by atoms with Crippen molar-refractivity contribution in [1.82, 2.24) is 24.9 Å². The SMILES string of the molecule is Cn1nnc2c1CCN(Cc1cccnc1)[C@@H]2COCC1CC1. The van der Waals surface area contributed by atoms with Gasteiger partial charge in [-0.2, -0.15) is 0 Å². The Bertz CT molecular complexity index is 652. The van der Waals surface area contributed by atoms with Crippen LogP contribution in [0.4, 0.5) is 0 Å². The normalized spacial score (nSPS) is 21.3. The number of aromatic nitrogens is 4. The summed E-state index contributed by atoms with van der Waals surface area (Å²) in [6, 6.07) is 4.30. The Kier molecular flexibility index (Phi) is 4.10. The van der Waals surface area contributed by atoms with E-state index >= 15 is 0 Å². The number of hydrogen-bond donors (Lipinski definition) is 0. The minimum Gasteiger partial charge on any atom is -0.379 e. The van der Waals surface area contributed by atoms with Crippen molar-refractivity contribution in [3.63, 3.8) is 0 Å². The zero-order valence-electron chi connectivity index (χ0n) is 13.6. The van der Waals surface area contributed by atoms with E-state index in [-0.39, 0.29) is 6.04 Å². The molecule has 0 saturated heterocycles. The molecule has 4 rings (SSSR count). The van der Waals surface area contributed by atoms with Crippen LogP contribution in [0, 0.1) is 5.92 Å². The topological polar surface area (TPSA) is 56.1 Å². The lowest BCUT2D eigenvalue weighted by Crippen LogP contribution is -2.38. The van der Waals surface area contributed by atoms with Crippen molar-refractivity contribution in [2.75, 3.05) is 19.8 Å². The van der Waals surface area contributed by atoms with Gasteiger partial charge < -0.3 is 4.74 Å². The van der Waals surface area contributed by atoms with Crippen LogP contribution >= 0.6 is 0 Å². The summed E-state index contributed by atoms with van der Waals surface area (Å²) in [6.07, 6.45) is 7.38. The number of hydrogen-bond acceptors (Lipinski definition) is 5. The van der Waals surface area contributed by atoms with Crippen LogP contribution < -0.4 is 0 Å². The molecule has 0 unspecified atom stereocenters. The van der Waals surface area contributed by atoms with Gasteiger partial charge in [0, 0.05) is 45.6 Å². The molecule has 1 saturated carbocycles. The van der Waals surface area contributed by atoms with Gasteiger partial charge in [-0.3, -0.25) is 14.6 Å². The summed E-state index contributed by atoms with van der Waals surface area (Å²) >= 11 is 0. The highest BCUT2D eigenvalue weighted by Crippen LogP contribution is 2.32. The molecule has 122 valence electrons. The maximum atomic E-state index is 6.00. The molecule has 6 nitrogen and oxygen atoms in total.